The van der Waals surface area contributed by atoms with Gasteiger partial charge in [0.25, 0.3) is 0 Å². The minimum Gasteiger partial charge on any atom is -0.321 e. The lowest BCUT2D eigenvalue weighted by Gasteiger charge is -2.20. The Labute approximate surface area is 115 Å². The van der Waals surface area contributed by atoms with Gasteiger partial charge in [-0.15, -0.1) is 11.6 Å². The first-order valence-electron chi connectivity index (χ1n) is 6.54. The Morgan fingerprint density at radius 3 is 2.79 bits per heavy atom. The van der Waals surface area contributed by atoms with E-state index in [1.54, 1.807) is 0 Å². The molecule has 3 rings (SSSR count). The summed E-state index contributed by atoms with van der Waals surface area (Å²) in [7, 11) is 0. The van der Waals surface area contributed by atoms with Crippen molar-refractivity contribution >= 4 is 22.6 Å². The van der Waals surface area contributed by atoms with E-state index in [2.05, 4.69) is 11.9 Å². The molecule has 1 aliphatic carbocycles. The van der Waals surface area contributed by atoms with Crippen LogP contribution in [-0.2, 0) is 5.88 Å². The summed E-state index contributed by atoms with van der Waals surface area (Å²) >= 11 is 5.92. The number of fused-ring (bicyclic) bond motifs is 1. The molecule has 1 aliphatic rings. The van der Waals surface area contributed by atoms with Gasteiger partial charge in [0.05, 0.1) is 11.4 Å². The van der Waals surface area contributed by atoms with E-state index in [4.69, 9.17) is 11.6 Å². The van der Waals surface area contributed by atoms with Gasteiger partial charge in [-0.1, -0.05) is 13.3 Å². The zero-order valence-corrected chi connectivity index (χ0v) is 11.4. The predicted molar refractivity (Wildman–Crippen MR) is 71.3 cm³/mol. The van der Waals surface area contributed by atoms with Crippen molar-refractivity contribution in [3.8, 4) is 0 Å². The van der Waals surface area contributed by atoms with E-state index in [0.29, 0.717) is 17.3 Å². The molecule has 1 aromatic heterocycles. The normalized spacial score (nSPS) is 23.4. The maximum absolute atomic E-state index is 14.1. The second-order valence-electron chi connectivity index (χ2n) is 5.24. The van der Waals surface area contributed by atoms with Crippen molar-refractivity contribution in [2.24, 2.45) is 5.92 Å². The van der Waals surface area contributed by atoms with Crippen LogP contribution in [0.15, 0.2) is 12.1 Å². The van der Waals surface area contributed by atoms with E-state index in [-0.39, 0.29) is 17.4 Å². The topological polar surface area (TPSA) is 17.8 Å². The lowest BCUT2D eigenvalue weighted by atomic mass is 10.1. The van der Waals surface area contributed by atoms with Gasteiger partial charge in [0.2, 0.25) is 0 Å². The predicted octanol–water partition coefficient (Wildman–Crippen LogP) is 4.41. The summed E-state index contributed by atoms with van der Waals surface area (Å²) in [5.74, 6) is -0.387. The molecule has 19 heavy (non-hydrogen) atoms. The molecule has 0 saturated heterocycles. The third kappa shape index (κ3) is 1.93. The quantitative estimate of drug-likeness (QED) is 0.747. The highest BCUT2D eigenvalue weighted by Gasteiger charge is 2.29. The highest BCUT2D eigenvalue weighted by atomic mass is 35.5. The van der Waals surface area contributed by atoms with Gasteiger partial charge in [-0.2, -0.15) is 0 Å². The number of hydrogen-bond donors (Lipinski definition) is 0. The number of halogens is 3. The molecule has 0 radical (unpaired) electrons. The number of benzene rings is 1. The van der Waals surface area contributed by atoms with Gasteiger partial charge in [-0.3, -0.25) is 0 Å². The Morgan fingerprint density at radius 1 is 1.37 bits per heavy atom. The lowest BCUT2D eigenvalue weighted by Crippen LogP contribution is -2.15. The Morgan fingerprint density at radius 2 is 2.16 bits per heavy atom. The maximum atomic E-state index is 14.1. The van der Waals surface area contributed by atoms with Crippen LogP contribution in [0.1, 0.15) is 38.1 Å². The summed E-state index contributed by atoms with van der Waals surface area (Å²) < 4.78 is 29.4. The fourth-order valence-corrected chi connectivity index (χ4v) is 3.32. The van der Waals surface area contributed by atoms with Crippen LogP contribution in [0.5, 0.6) is 0 Å². The molecule has 2 atom stereocenters. The number of rotatable bonds is 2. The van der Waals surface area contributed by atoms with Crippen LogP contribution in [-0.4, -0.2) is 9.55 Å². The van der Waals surface area contributed by atoms with Crippen LogP contribution in [0.4, 0.5) is 8.78 Å². The van der Waals surface area contributed by atoms with Crippen LogP contribution in [0.3, 0.4) is 0 Å². The van der Waals surface area contributed by atoms with Crippen LogP contribution < -0.4 is 0 Å². The first kappa shape index (κ1) is 12.9. The molecule has 1 heterocycles. The molecule has 0 amide bonds. The molecule has 0 bridgehead atoms. The summed E-state index contributed by atoms with van der Waals surface area (Å²) in [5, 5.41) is 0. The molecule has 102 valence electrons. The summed E-state index contributed by atoms with van der Waals surface area (Å²) in [5.41, 5.74) is 0.739. The Kier molecular flexibility index (Phi) is 3.21. The van der Waals surface area contributed by atoms with Crippen molar-refractivity contribution < 1.29 is 8.78 Å². The average molecular weight is 285 g/mol. The molecule has 2 nitrogen and oxygen atoms in total. The van der Waals surface area contributed by atoms with Crippen LogP contribution >= 0.6 is 11.6 Å². The highest BCUT2D eigenvalue weighted by molar-refractivity contribution is 6.16. The number of nitrogens with zero attached hydrogens (tertiary/aromatic N) is 2. The van der Waals surface area contributed by atoms with Gasteiger partial charge in [-0.25, -0.2) is 13.8 Å². The smallest absolute Gasteiger partial charge is 0.184 e. The third-order valence-corrected chi connectivity index (χ3v) is 4.32. The van der Waals surface area contributed by atoms with E-state index in [0.717, 1.165) is 25.3 Å². The van der Waals surface area contributed by atoms with Crippen molar-refractivity contribution in [2.45, 2.75) is 38.1 Å². The standard InChI is InChI=1S/C14H15ClF2N2/c1-8-3-2-4-11(8)19-12(7-15)18-10-6-5-9(16)13(17)14(10)19/h5-6,8,11H,2-4,7H2,1H3. The molecular formula is C14H15ClF2N2. The number of hydrogen-bond acceptors (Lipinski definition) is 1. The zero-order valence-electron chi connectivity index (χ0n) is 10.7. The highest BCUT2D eigenvalue weighted by Crippen LogP contribution is 2.39. The van der Waals surface area contributed by atoms with Crippen molar-refractivity contribution in [3.05, 3.63) is 29.6 Å². The number of aromatic nitrogens is 2. The van der Waals surface area contributed by atoms with Gasteiger partial charge in [0, 0.05) is 6.04 Å². The summed E-state index contributed by atoms with van der Waals surface area (Å²) in [6.07, 6.45) is 3.17. The maximum Gasteiger partial charge on any atom is 0.184 e. The number of imidazole rings is 1. The second kappa shape index (κ2) is 4.75. The van der Waals surface area contributed by atoms with Crippen molar-refractivity contribution in [2.75, 3.05) is 0 Å². The first-order valence-corrected chi connectivity index (χ1v) is 7.07. The van der Waals surface area contributed by atoms with Crippen molar-refractivity contribution in [1.82, 2.24) is 9.55 Å². The van der Waals surface area contributed by atoms with Gasteiger partial charge in [0.15, 0.2) is 11.6 Å². The van der Waals surface area contributed by atoms with Gasteiger partial charge in [0.1, 0.15) is 11.3 Å². The molecular weight excluding hydrogens is 270 g/mol. The minimum absolute atomic E-state index is 0.162. The van der Waals surface area contributed by atoms with E-state index >= 15 is 0 Å². The first-order chi connectivity index (χ1) is 9.13. The zero-order chi connectivity index (χ0) is 13.6. The summed E-state index contributed by atoms with van der Waals surface area (Å²) in [6, 6.07) is 2.79. The lowest BCUT2D eigenvalue weighted by molar-refractivity contribution is 0.403. The molecule has 0 spiro atoms. The SMILES string of the molecule is CC1CCCC1n1c(CCl)nc2ccc(F)c(F)c21. The largest absolute Gasteiger partial charge is 0.321 e. The Bertz CT molecular complexity index is 623. The minimum atomic E-state index is -0.833. The van der Waals surface area contributed by atoms with Crippen molar-refractivity contribution in [1.29, 1.82) is 0 Å². The molecule has 5 heteroatoms. The third-order valence-electron chi connectivity index (χ3n) is 4.08. The number of alkyl halides is 1. The van der Waals surface area contributed by atoms with E-state index in [1.807, 2.05) is 4.57 Å². The summed E-state index contributed by atoms with van der Waals surface area (Å²) in [6.45, 7) is 2.14. The fourth-order valence-electron chi connectivity index (χ4n) is 3.13. The molecule has 1 aromatic carbocycles. The Balaban J connectivity index is 2.28. The van der Waals surface area contributed by atoms with Crippen molar-refractivity contribution in [3.63, 3.8) is 0 Å². The molecule has 0 N–H and O–H groups in total. The van der Waals surface area contributed by atoms with E-state index in [9.17, 15) is 8.78 Å². The molecule has 2 unspecified atom stereocenters. The molecule has 0 aliphatic heterocycles. The molecule has 2 aromatic rings. The van der Waals surface area contributed by atoms with E-state index in [1.165, 1.54) is 6.07 Å². The van der Waals surface area contributed by atoms with Crippen LogP contribution in [0, 0.1) is 17.6 Å². The van der Waals surface area contributed by atoms with E-state index < -0.39 is 11.6 Å². The van der Waals surface area contributed by atoms with Crippen LogP contribution in [0.2, 0.25) is 0 Å². The average Bonchev–Trinajstić information content (AvgIpc) is 2.97. The fraction of sp³-hybridized carbons (Fsp3) is 0.500. The van der Waals surface area contributed by atoms with Gasteiger partial charge in [-0.05, 0) is 30.9 Å². The molecule has 1 saturated carbocycles. The van der Waals surface area contributed by atoms with Crippen LogP contribution in [0.25, 0.3) is 11.0 Å². The Hall–Kier alpha value is -1.16. The second-order valence-corrected chi connectivity index (χ2v) is 5.50. The van der Waals surface area contributed by atoms with Gasteiger partial charge >= 0.3 is 0 Å². The van der Waals surface area contributed by atoms with Gasteiger partial charge < -0.3 is 4.57 Å². The molecule has 1 fully saturated rings. The summed E-state index contributed by atoms with van der Waals surface area (Å²) in [4.78, 5) is 4.34. The monoisotopic (exact) mass is 284 g/mol.